The first-order valence-electron chi connectivity index (χ1n) is 8.01. The summed E-state index contributed by atoms with van der Waals surface area (Å²) in [6.45, 7) is 9.12. The molecule has 0 radical (unpaired) electrons. The smallest absolute Gasteiger partial charge is 0.0279 e. The maximum atomic E-state index is 5.86. The van der Waals surface area contributed by atoms with E-state index in [0.717, 1.165) is 18.3 Å². The number of hydrogen-bond acceptors (Lipinski definition) is 2. The molecule has 0 heterocycles. The molecular formula is C18H30N2. The van der Waals surface area contributed by atoms with Crippen molar-refractivity contribution in [3.8, 4) is 0 Å². The van der Waals surface area contributed by atoms with Crippen LogP contribution in [0, 0.1) is 31.6 Å². The lowest BCUT2D eigenvalue weighted by molar-refractivity contribution is 0.175. The highest BCUT2D eigenvalue weighted by molar-refractivity contribution is 5.30. The Morgan fingerprint density at radius 2 is 1.75 bits per heavy atom. The number of aryl methyl sites for hydroxylation is 2. The Hall–Kier alpha value is -0.860. The van der Waals surface area contributed by atoms with E-state index in [1.54, 1.807) is 0 Å². The molecule has 0 aliphatic heterocycles. The Morgan fingerprint density at radius 1 is 1.10 bits per heavy atom. The molecule has 2 rings (SSSR count). The molecule has 0 bridgehead atoms. The van der Waals surface area contributed by atoms with Crippen LogP contribution in [-0.4, -0.2) is 6.04 Å². The van der Waals surface area contributed by atoms with Crippen LogP contribution in [0.25, 0.3) is 0 Å². The first-order chi connectivity index (χ1) is 9.49. The Labute approximate surface area is 124 Å². The maximum Gasteiger partial charge on any atom is 0.0279 e. The Bertz CT molecular complexity index is 431. The predicted octanol–water partition coefficient (Wildman–Crippen LogP) is 3.75. The summed E-state index contributed by atoms with van der Waals surface area (Å²) < 4.78 is 0. The zero-order valence-electron chi connectivity index (χ0n) is 13.4. The molecule has 3 unspecified atom stereocenters. The highest BCUT2D eigenvalue weighted by Crippen LogP contribution is 2.35. The highest BCUT2D eigenvalue weighted by Gasteiger charge is 2.29. The second-order valence-electron chi connectivity index (χ2n) is 7.07. The van der Waals surface area contributed by atoms with Crippen molar-refractivity contribution >= 4 is 0 Å². The lowest BCUT2D eigenvalue weighted by Crippen LogP contribution is -2.44. The van der Waals surface area contributed by atoms with E-state index in [9.17, 15) is 0 Å². The van der Waals surface area contributed by atoms with Gasteiger partial charge in [0.25, 0.3) is 0 Å². The van der Waals surface area contributed by atoms with Crippen molar-refractivity contribution in [3.05, 3.63) is 34.9 Å². The van der Waals surface area contributed by atoms with Crippen molar-refractivity contribution in [3.63, 3.8) is 0 Å². The van der Waals surface area contributed by atoms with Gasteiger partial charge in [0, 0.05) is 6.04 Å². The van der Waals surface area contributed by atoms with Crippen LogP contribution in [0.5, 0.6) is 0 Å². The first kappa shape index (κ1) is 15.5. The van der Waals surface area contributed by atoms with Crippen LogP contribution in [0.4, 0.5) is 0 Å². The van der Waals surface area contributed by atoms with Gasteiger partial charge in [-0.15, -0.1) is 0 Å². The summed E-state index contributed by atoms with van der Waals surface area (Å²) in [5, 5.41) is 0. The summed E-state index contributed by atoms with van der Waals surface area (Å²) in [6, 6.07) is 7.20. The number of hydrazine groups is 1. The molecule has 0 spiro atoms. The third-order valence-electron chi connectivity index (χ3n) is 5.03. The standard InChI is InChI=1S/C18H30N2/c1-12-7-13(2)9-17(8-12)18(20-19)11-16-6-5-14(3)15(4)10-16/h5-6,10,12-13,17-18,20H,7-9,11,19H2,1-4H3. The third-order valence-corrected chi connectivity index (χ3v) is 5.03. The SMILES string of the molecule is Cc1ccc(CC(NN)C2CC(C)CC(C)C2)cc1C. The number of rotatable bonds is 4. The zero-order valence-corrected chi connectivity index (χ0v) is 13.4. The van der Waals surface area contributed by atoms with Gasteiger partial charge in [0.1, 0.15) is 0 Å². The Balaban J connectivity index is 2.06. The van der Waals surface area contributed by atoms with Gasteiger partial charge in [-0.1, -0.05) is 32.0 Å². The van der Waals surface area contributed by atoms with E-state index in [2.05, 4.69) is 51.3 Å². The minimum Gasteiger partial charge on any atom is -0.271 e. The van der Waals surface area contributed by atoms with E-state index in [1.165, 1.54) is 36.0 Å². The van der Waals surface area contributed by atoms with Gasteiger partial charge in [0.05, 0.1) is 0 Å². The van der Waals surface area contributed by atoms with E-state index >= 15 is 0 Å². The minimum absolute atomic E-state index is 0.405. The maximum absolute atomic E-state index is 5.86. The summed E-state index contributed by atoms with van der Waals surface area (Å²) >= 11 is 0. The molecule has 0 aromatic heterocycles. The van der Waals surface area contributed by atoms with Crippen molar-refractivity contribution in [1.82, 2.24) is 5.43 Å². The summed E-state index contributed by atoms with van der Waals surface area (Å²) in [5.41, 5.74) is 7.24. The summed E-state index contributed by atoms with van der Waals surface area (Å²) in [7, 11) is 0. The predicted molar refractivity (Wildman–Crippen MR) is 86.4 cm³/mol. The van der Waals surface area contributed by atoms with Crippen molar-refractivity contribution in [1.29, 1.82) is 0 Å². The molecule has 3 N–H and O–H groups in total. The quantitative estimate of drug-likeness (QED) is 0.648. The summed E-state index contributed by atoms with van der Waals surface area (Å²) in [6.07, 6.45) is 5.03. The van der Waals surface area contributed by atoms with Crippen LogP contribution in [0.1, 0.15) is 49.8 Å². The average Bonchev–Trinajstić information content (AvgIpc) is 2.38. The van der Waals surface area contributed by atoms with Gasteiger partial charge in [-0.2, -0.15) is 0 Å². The minimum atomic E-state index is 0.405. The molecule has 2 heteroatoms. The molecule has 1 fully saturated rings. The van der Waals surface area contributed by atoms with Gasteiger partial charge in [-0.3, -0.25) is 11.3 Å². The normalized spacial score (nSPS) is 28.4. The van der Waals surface area contributed by atoms with Crippen molar-refractivity contribution in [2.75, 3.05) is 0 Å². The zero-order chi connectivity index (χ0) is 14.7. The van der Waals surface area contributed by atoms with Gasteiger partial charge >= 0.3 is 0 Å². The number of benzene rings is 1. The molecule has 112 valence electrons. The number of nitrogens with one attached hydrogen (secondary N) is 1. The molecule has 1 aromatic carbocycles. The van der Waals surface area contributed by atoms with Gasteiger partial charge in [-0.05, 0) is 74.0 Å². The highest BCUT2D eigenvalue weighted by atomic mass is 15.2. The molecule has 3 atom stereocenters. The van der Waals surface area contributed by atoms with Crippen molar-refractivity contribution in [2.45, 2.75) is 59.4 Å². The first-order valence-corrected chi connectivity index (χ1v) is 8.01. The van der Waals surface area contributed by atoms with Crippen LogP contribution in [0.15, 0.2) is 18.2 Å². The van der Waals surface area contributed by atoms with Crippen LogP contribution >= 0.6 is 0 Å². The fourth-order valence-electron chi connectivity index (χ4n) is 3.88. The Kier molecular flexibility index (Phi) is 5.22. The fraction of sp³-hybridized carbons (Fsp3) is 0.667. The average molecular weight is 274 g/mol. The molecule has 1 saturated carbocycles. The molecular weight excluding hydrogens is 244 g/mol. The van der Waals surface area contributed by atoms with Gasteiger partial charge in [0.2, 0.25) is 0 Å². The van der Waals surface area contributed by atoms with E-state index < -0.39 is 0 Å². The monoisotopic (exact) mass is 274 g/mol. The van der Waals surface area contributed by atoms with Crippen molar-refractivity contribution < 1.29 is 0 Å². The van der Waals surface area contributed by atoms with E-state index in [0.29, 0.717) is 12.0 Å². The molecule has 1 aliphatic carbocycles. The molecule has 1 aliphatic rings. The van der Waals surface area contributed by atoms with Gasteiger partial charge in [-0.25, -0.2) is 0 Å². The van der Waals surface area contributed by atoms with Crippen molar-refractivity contribution in [2.24, 2.45) is 23.6 Å². The van der Waals surface area contributed by atoms with E-state index in [1.807, 2.05) is 0 Å². The molecule has 2 nitrogen and oxygen atoms in total. The fourth-order valence-corrected chi connectivity index (χ4v) is 3.88. The van der Waals surface area contributed by atoms with E-state index in [-0.39, 0.29) is 0 Å². The van der Waals surface area contributed by atoms with Gasteiger partial charge < -0.3 is 0 Å². The van der Waals surface area contributed by atoms with Crippen LogP contribution in [0.3, 0.4) is 0 Å². The summed E-state index contributed by atoms with van der Waals surface area (Å²) in [5.74, 6) is 8.23. The number of nitrogens with two attached hydrogens (primary N) is 1. The Morgan fingerprint density at radius 3 is 2.30 bits per heavy atom. The van der Waals surface area contributed by atoms with Crippen LogP contribution in [0.2, 0.25) is 0 Å². The van der Waals surface area contributed by atoms with E-state index in [4.69, 9.17) is 5.84 Å². The number of hydrogen-bond donors (Lipinski definition) is 2. The lowest BCUT2D eigenvalue weighted by atomic mass is 9.73. The topological polar surface area (TPSA) is 38.0 Å². The second kappa shape index (κ2) is 6.73. The summed E-state index contributed by atoms with van der Waals surface area (Å²) in [4.78, 5) is 0. The molecule has 1 aromatic rings. The lowest BCUT2D eigenvalue weighted by Gasteiger charge is -2.36. The molecule has 20 heavy (non-hydrogen) atoms. The molecule has 0 saturated heterocycles. The van der Waals surface area contributed by atoms with Crippen LogP contribution in [-0.2, 0) is 6.42 Å². The third kappa shape index (κ3) is 3.83. The molecule has 0 amide bonds. The van der Waals surface area contributed by atoms with Gasteiger partial charge in [0.15, 0.2) is 0 Å². The largest absolute Gasteiger partial charge is 0.271 e. The second-order valence-corrected chi connectivity index (χ2v) is 7.07. The van der Waals surface area contributed by atoms with Crippen LogP contribution < -0.4 is 11.3 Å².